The van der Waals surface area contributed by atoms with Crippen LogP contribution in [0.3, 0.4) is 0 Å². The minimum Gasteiger partial charge on any atom is -0.451 e. The molecule has 0 unspecified atom stereocenters. The highest BCUT2D eigenvalue weighted by molar-refractivity contribution is 7.89. The summed E-state index contributed by atoms with van der Waals surface area (Å²) in [7, 11) is -3.58. The number of rotatable bonds is 3. The van der Waals surface area contributed by atoms with Gasteiger partial charge in [0.25, 0.3) is 5.91 Å². The fourth-order valence-electron chi connectivity index (χ4n) is 3.56. The van der Waals surface area contributed by atoms with E-state index < -0.39 is 10.0 Å². The number of sulfonamides is 1. The van der Waals surface area contributed by atoms with Crippen molar-refractivity contribution in [2.75, 3.05) is 39.4 Å². The third kappa shape index (κ3) is 2.91. The van der Waals surface area contributed by atoms with Crippen LogP contribution in [0.4, 0.5) is 0 Å². The average molecular weight is 378 g/mol. The maximum atomic E-state index is 12.9. The summed E-state index contributed by atoms with van der Waals surface area (Å²) < 4.78 is 38.1. The molecule has 8 heteroatoms. The monoisotopic (exact) mass is 378 g/mol. The number of fused-ring (bicyclic) bond motifs is 1. The van der Waals surface area contributed by atoms with Gasteiger partial charge < -0.3 is 14.1 Å². The lowest BCUT2D eigenvalue weighted by molar-refractivity contribution is 0.0730. The van der Waals surface area contributed by atoms with Gasteiger partial charge in [0.2, 0.25) is 10.0 Å². The Labute approximate surface area is 152 Å². The summed E-state index contributed by atoms with van der Waals surface area (Å²) in [5.41, 5.74) is 1.22. The standard InChI is InChI=1S/C18H22N2O5S/c1-13-15-12-14(26(22,23)20-8-10-24-11-9-20)4-5-16(15)25-17(13)18(21)19-6-2-3-7-19/h4-5,12H,2-3,6-11H2,1H3. The molecule has 1 aromatic carbocycles. The van der Waals surface area contributed by atoms with Gasteiger partial charge in [-0.15, -0.1) is 0 Å². The van der Waals surface area contributed by atoms with Crippen LogP contribution in [0.15, 0.2) is 27.5 Å². The van der Waals surface area contributed by atoms with Crippen molar-refractivity contribution in [2.45, 2.75) is 24.7 Å². The second-order valence-electron chi connectivity index (χ2n) is 6.73. The third-order valence-corrected chi connectivity index (χ3v) is 7.00. The van der Waals surface area contributed by atoms with E-state index in [1.807, 2.05) is 0 Å². The summed E-state index contributed by atoms with van der Waals surface area (Å²) in [6.07, 6.45) is 2.01. The molecule has 1 amide bonds. The van der Waals surface area contributed by atoms with E-state index in [1.54, 1.807) is 30.0 Å². The van der Waals surface area contributed by atoms with E-state index in [2.05, 4.69) is 0 Å². The summed E-state index contributed by atoms with van der Waals surface area (Å²) >= 11 is 0. The van der Waals surface area contributed by atoms with E-state index in [4.69, 9.17) is 9.15 Å². The number of amides is 1. The predicted molar refractivity (Wildman–Crippen MR) is 95.7 cm³/mol. The van der Waals surface area contributed by atoms with Crippen molar-refractivity contribution in [2.24, 2.45) is 0 Å². The molecule has 0 bridgehead atoms. The molecule has 0 radical (unpaired) electrons. The van der Waals surface area contributed by atoms with Crippen LogP contribution < -0.4 is 0 Å². The lowest BCUT2D eigenvalue weighted by Gasteiger charge is -2.26. The number of carbonyl (C=O) groups excluding carboxylic acids is 1. The number of nitrogens with zero attached hydrogens (tertiary/aromatic N) is 2. The van der Waals surface area contributed by atoms with E-state index in [-0.39, 0.29) is 10.8 Å². The van der Waals surface area contributed by atoms with Gasteiger partial charge in [-0.1, -0.05) is 0 Å². The average Bonchev–Trinajstić information content (AvgIpc) is 3.30. The number of furan rings is 1. The molecule has 1 aromatic heterocycles. The number of benzene rings is 1. The summed E-state index contributed by atoms with van der Waals surface area (Å²) in [5.74, 6) is 0.191. The molecule has 0 atom stereocenters. The van der Waals surface area contributed by atoms with Crippen molar-refractivity contribution in [3.63, 3.8) is 0 Å². The van der Waals surface area contributed by atoms with Crippen LogP contribution in [0.5, 0.6) is 0 Å². The topological polar surface area (TPSA) is 80.1 Å². The van der Waals surface area contributed by atoms with Crippen molar-refractivity contribution in [3.8, 4) is 0 Å². The molecule has 3 heterocycles. The SMILES string of the molecule is Cc1c(C(=O)N2CCCC2)oc2ccc(S(=O)(=O)N3CCOCC3)cc12. The second kappa shape index (κ2) is 6.68. The molecule has 2 saturated heterocycles. The Bertz CT molecular complexity index is 938. The van der Waals surface area contributed by atoms with Gasteiger partial charge in [-0.05, 0) is 38.0 Å². The van der Waals surface area contributed by atoms with Gasteiger partial charge >= 0.3 is 0 Å². The van der Waals surface area contributed by atoms with E-state index in [9.17, 15) is 13.2 Å². The smallest absolute Gasteiger partial charge is 0.289 e. The molecule has 0 spiro atoms. The molecule has 2 aliphatic heterocycles. The Hall–Kier alpha value is -1.90. The zero-order valence-corrected chi connectivity index (χ0v) is 15.5. The molecule has 7 nitrogen and oxygen atoms in total. The second-order valence-corrected chi connectivity index (χ2v) is 8.67. The molecule has 2 aliphatic rings. The summed E-state index contributed by atoms with van der Waals surface area (Å²) in [6.45, 7) is 4.80. The van der Waals surface area contributed by atoms with Gasteiger partial charge in [0.15, 0.2) is 5.76 Å². The minimum atomic E-state index is -3.58. The molecule has 140 valence electrons. The van der Waals surface area contributed by atoms with Crippen LogP contribution >= 0.6 is 0 Å². The number of aryl methyl sites for hydroxylation is 1. The Morgan fingerprint density at radius 3 is 2.46 bits per heavy atom. The number of hydrogen-bond donors (Lipinski definition) is 0. The first-order valence-corrected chi connectivity index (χ1v) is 10.3. The third-order valence-electron chi connectivity index (χ3n) is 5.10. The quantitative estimate of drug-likeness (QED) is 0.816. The highest BCUT2D eigenvalue weighted by Crippen LogP contribution is 2.30. The van der Waals surface area contributed by atoms with Crippen molar-refractivity contribution in [1.29, 1.82) is 0 Å². The number of hydrogen-bond acceptors (Lipinski definition) is 5. The fourth-order valence-corrected chi connectivity index (χ4v) is 5.00. The molecular formula is C18H22N2O5S. The van der Waals surface area contributed by atoms with Gasteiger partial charge in [-0.3, -0.25) is 4.79 Å². The molecule has 2 aromatic rings. The Morgan fingerprint density at radius 2 is 1.77 bits per heavy atom. The van der Waals surface area contributed by atoms with Crippen molar-refractivity contribution in [1.82, 2.24) is 9.21 Å². The van der Waals surface area contributed by atoms with Gasteiger partial charge in [-0.25, -0.2) is 8.42 Å². The normalized spacial score (nSPS) is 19.3. The lowest BCUT2D eigenvalue weighted by atomic mass is 10.1. The van der Waals surface area contributed by atoms with Gasteiger partial charge in [0.1, 0.15) is 5.58 Å². The fraction of sp³-hybridized carbons (Fsp3) is 0.500. The van der Waals surface area contributed by atoms with Gasteiger partial charge in [0, 0.05) is 37.1 Å². The molecule has 4 rings (SSSR count). The van der Waals surface area contributed by atoms with Crippen LogP contribution in [-0.4, -0.2) is 62.9 Å². The molecule has 0 aliphatic carbocycles. The first kappa shape index (κ1) is 17.5. The van der Waals surface area contributed by atoms with Gasteiger partial charge in [-0.2, -0.15) is 4.31 Å². The van der Waals surface area contributed by atoms with E-state index in [1.165, 1.54) is 4.31 Å². The largest absolute Gasteiger partial charge is 0.451 e. The van der Waals surface area contributed by atoms with Crippen LogP contribution in [-0.2, 0) is 14.8 Å². The zero-order chi connectivity index (χ0) is 18.3. The first-order valence-electron chi connectivity index (χ1n) is 8.89. The maximum Gasteiger partial charge on any atom is 0.289 e. The first-order chi connectivity index (χ1) is 12.5. The predicted octanol–water partition coefficient (Wildman–Crippen LogP) is 2.00. The van der Waals surface area contributed by atoms with Crippen LogP contribution in [0.2, 0.25) is 0 Å². The minimum absolute atomic E-state index is 0.117. The van der Waals surface area contributed by atoms with Crippen LogP contribution in [0, 0.1) is 6.92 Å². The summed E-state index contributed by atoms with van der Waals surface area (Å²) in [5, 5.41) is 0.668. The number of carbonyl (C=O) groups is 1. The molecular weight excluding hydrogens is 356 g/mol. The van der Waals surface area contributed by atoms with Gasteiger partial charge in [0.05, 0.1) is 18.1 Å². The van der Waals surface area contributed by atoms with Crippen molar-refractivity contribution in [3.05, 3.63) is 29.5 Å². The Kier molecular flexibility index (Phi) is 4.50. The number of ether oxygens (including phenoxy) is 1. The summed E-state index contributed by atoms with van der Waals surface area (Å²) in [6, 6.07) is 4.79. The highest BCUT2D eigenvalue weighted by atomic mass is 32.2. The number of morpholine rings is 1. The lowest BCUT2D eigenvalue weighted by Crippen LogP contribution is -2.40. The Balaban J connectivity index is 1.71. The van der Waals surface area contributed by atoms with E-state index >= 15 is 0 Å². The Morgan fingerprint density at radius 1 is 1.08 bits per heavy atom. The highest BCUT2D eigenvalue weighted by Gasteiger charge is 2.29. The van der Waals surface area contributed by atoms with Crippen molar-refractivity contribution >= 4 is 26.9 Å². The van der Waals surface area contributed by atoms with Crippen molar-refractivity contribution < 1.29 is 22.4 Å². The summed E-state index contributed by atoms with van der Waals surface area (Å²) in [4.78, 5) is 14.7. The molecule has 0 saturated carbocycles. The molecule has 2 fully saturated rings. The van der Waals surface area contributed by atoms with Crippen LogP contribution in [0.1, 0.15) is 29.0 Å². The maximum absolute atomic E-state index is 12.9. The molecule has 26 heavy (non-hydrogen) atoms. The zero-order valence-electron chi connectivity index (χ0n) is 14.7. The number of likely N-dealkylation sites (tertiary alicyclic amines) is 1. The van der Waals surface area contributed by atoms with E-state index in [0.717, 1.165) is 25.9 Å². The van der Waals surface area contributed by atoms with Crippen LogP contribution in [0.25, 0.3) is 11.0 Å². The molecule has 0 N–H and O–H groups in total. The van der Waals surface area contributed by atoms with E-state index in [0.29, 0.717) is 48.6 Å².